The quantitative estimate of drug-likeness (QED) is 0.464. The molecule has 2 heterocycles. The molecule has 0 spiro atoms. The van der Waals surface area contributed by atoms with Crippen molar-refractivity contribution in [1.29, 1.82) is 0 Å². The average molecular weight is 580 g/mol. The molecule has 224 valence electrons. The number of aliphatic hydroxyl groups is 1. The molecule has 41 heavy (non-hydrogen) atoms. The van der Waals surface area contributed by atoms with Gasteiger partial charge in [0.1, 0.15) is 11.9 Å². The van der Waals surface area contributed by atoms with Gasteiger partial charge in [-0.05, 0) is 49.9 Å². The molecule has 12 heteroatoms. The first kappa shape index (κ1) is 30.4. The molecule has 0 bridgehead atoms. The Kier molecular flexibility index (Phi) is 9.64. The summed E-state index contributed by atoms with van der Waals surface area (Å²) in [7, 11) is 1.97. The first-order valence-electron chi connectivity index (χ1n) is 13.6. The molecule has 0 saturated carbocycles. The number of alkyl halides is 3. The summed E-state index contributed by atoms with van der Waals surface area (Å²) < 4.78 is 55.0. The summed E-state index contributed by atoms with van der Waals surface area (Å²) >= 11 is 0. The first-order valence-corrected chi connectivity index (χ1v) is 13.6. The minimum absolute atomic E-state index is 0.0571. The number of carbonyl (C=O) groups excluding carboxylic acids is 2. The maximum absolute atomic E-state index is 13.4. The highest BCUT2D eigenvalue weighted by Crippen LogP contribution is 2.33. The van der Waals surface area contributed by atoms with Crippen molar-refractivity contribution >= 4 is 17.5 Å². The number of hydrogen-bond acceptors (Lipinski definition) is 7. The number of anilines is 1. The van der Waals surface area contributed by atoms with Gasteiger partial charge in [-0.25, -0.2) is 0 Å². The van der Waals surface area contributed by atoms with E-state index in [2.05, 4.69) is 10.2 Å². The average Bonchev–Trinajstić information content (AvgIpc) is 3.39. The molecule has 0 radical (unpaired) electrons. The maximum atomic E-state index is 13.4. The Morgan fingerprint density at radius 2 is 1.90 bits per heavy atom. The molecule has 2 aromatic carbocycles. The van der Waals surface area contributed by atoms with Gasteiger partial charge in [-0.3, -0.25) is 14.5 Å². The Morgan fingerprint density at radius 3 is 2.63 bits per heavy atom. The van der Waals surface area contributed by atoms with Gasteiger partial charge in [0, 0.05) is 43.2 Å². The van der Waals surface area contributed by atoms with Gasteiger partial charge in [-0.2, -0.15) is 13.2 Å². The van der Waals surface area contributed by atoms with Crippen LogP contribution in [0, 0.1) is 5.92 Å². The van der Waals surface area contributed by atoms with Crippen LogP contribution in [0.1, 0.15) is 37.8 Å². The highest BCUT2D eigenvalue weighted by Gasteiger charge is 2.32. The normalized spacial score (nSPS) is 19.6. The SMILES string of the molecule is C[C@@H]1CN([C@@H](C)CO)C(=O)Cc2cc(NC(=O)CCC(F)(F)F)ccc2O[C@@H]1CN(C)Cc1ccc2c(c1)OCO2. The molecule has 0 fully saturated rings. The van der Waals surface area contributed by atoms with E-state index >= 15 is 0 Å². The number of halogens is 3. The van der Waals surface area contributed by atoms with E-state index in [0.29, 0.717) is 42.4 Å². The summed E-state index contributed by atoms with van der Waals surface area (Å²) in [6, 6.07) is 10.1. The predicted molar refractivity (Wildman–Crippen MR) is 145 cm³/mol. The Hall–Kier alpha value is -3.51. The van der Waals surface area contributed by atoms with Crippen LogP contribution in [0.2, 0.25) is 0 Å². The molecule has 2 aliphatic heterocycles. The Balaban J connectivity index is 1.54. The van der Waals surface area contributed by atoms with E-state index < -0.39 is 31.0 Å². The van der Waals surface area contributed by atoms with Gasteiger partial charge >= 0.3 is 6.18 Å². The predicted octanol–water partition coefficient (Wildman–Crippen LogP) is 3.98. The lowest BCUT2D eigenvalue weighted by Crippen LogP contribution is -2.47. The standard InChI is InChI=1S/C29H36F3N3O6/c1-18-13-35(19(2)16-36)28(38)12-21-11-22(33-27(37)8-9-29(30,31)32)5-7-23(21)41-26(18)15-34(3)14-20-4-6-24-25(10-20)40-17-39-24/h4-7,10-11,18-19,26,36H,8-9,12-17H2,1-3H3,(H,33,37)/t18-,19+,26-/m1/s1. The van der Waals surface area contributed by atoms with E-state index in [0.717, 1.165) is 5.56 Å². The zero-order chi connectivity index (χ0) is 29.7. The molecular weight excluding hydrogens is 543 g/mol. The number of benzene rings is 2. The molecule has 0 aromatic heterocycles. The molecule has 2 amide bonds. The fraction of sp³-hybridized carbons (Fsp3) is 0.517. The van der Waals surface area contributed by atoms with Crippen LogP contribution in [-0.4, -0.2) is 78.6 Å². The van der Waals surface area contributed by atoms with Crippen molar-refractivity contribution in [1.82, 2.24) is 9.80 Å². The molecule has 0 aliphatic carbocycles. The van der Waals surface area contributed by atoms with Gasteiger partial charge < -0.3 is 29.5 Å². The van der Waals surface area contributed by atoms with Crippen molar-refractivity contribution in [2.24, 2.45) is 5.92 Å². The third-order valence-corrected chi connectivity index (χ3v) is 7.22. The Labute approximate surface area is 237 Å². The Morgan fingerprint density at radius 1 is 1.17 bits per heavy atom. The topological polar surface area (TPSA) is 101 Å². The fourth-order valence-electron chi connectivity index (χ4n) is 4.93. The lowest BCUT2D eigenvalue weighted by molar-refractivity contribution is -0.142. The number of fused-ring (bicyclic) bond motifs is 2. The lowest BCUT2D eigenvalue weighted by atomic mass is 10.0. The highest BCUT2D eigenvalue weighted by molar-refractivity contribution is 5.91. The number of carbonyl (C=O) groups is 2. The summed E-state index contributed by atoms with van der Waals surface area (Å²) in [5, 5.41) is 12.3. The van der Waals surface area contributed by atoms with Crippen LogP contribution in [0.15, 0.2) is 36.4 Å². The lowest BCUT2D eigenvalue weighted by Gasteiger charge is -2.34. The van der Waals surface area contributed by atoms with Crippen molar-refractivity contribution < 1.29 is 42.1 Å². The van der Waals surface area contributed by atoms with E-state index in [9.17, 15) is 27.9 Å². The number of rotatable bonds is 9. The molecule has 3 atom stereocenters. The van der Waals surface area contributed by atoms with Gasteiger partial charge in [-0.1, -0.05) is 13.0 Å². The maximum Gasteiger partial charge on any atom is 0.389 e. The van der Waals surface area contributed by atoms with Crippen LogP contribution in [-0.2, 0) is 22.6 Å². The van der Waals surface area contributed by atoms with Crippen molar-refractivity contribution in [3.63, 3.8) is 0 Å². The second-order valence-corrected chi connectivity index (χ2v) is 10.8. The second kappa shape index (κ2) is 13.0. The fourth-order valence-corrected chi connectivity index (χ4v) is 4.93. The molecule has 2 aliphatic rings. The molecule has 0 saturated heterocycles. The van der Waals surface area contributed by atoms with Gasteiger partial charge in [-0.15, -0.1) is 0 Å². The van der Waals surface area contributed by atoms with Crippen LogP contribution in [0.3, 0.4) is 0 Å². The minimum atomic E-state index is -4.43. The summed E-state index contributed by atoms with van der Waals surface area (Å²) in [6.07, 6.45) is -6.76. The number of hydrogen-bond donors (Lipinski definition) is 2. The third kappa shape index (κ3) is 8.26. The van der Waals surface area contributed by atoms with Crippen LogP contribution in [0.25, 0.3) is 0 Å². The van der Waals surface area contributed by atoms with E-state index in [1.807, 2.05) is 32.2 Å². The van der Waals surface area contributed by atoms with E-state index in [-0.39, 0.29) is 43.4 Å². The molecule has 2 N–H and O–H groups in total. The van der Waals surface area contributed by atoms with Crippen LogP contribution >= 0.6 is 0 Å². The highest BCUT2D eigenvalue weighted by atomic mass is 19.4. The van der Waals surface area contributed by atoms with Gasteiger partial charge in [0.25, 0.3) is 0 Å². The van der Waals surface area contributed by atoms with Gasteiger partial charge in [0.15, 0.2) is 11.5 Å². The van der Waals surface area contributed by atoms with Crippen LogP contribution in [0.4, 0.5) is 18.9 Å². The van der Waals surface area contributed by atoms with E-state index in [1.165, 1.54) is 0 Å². The Bertz CT molecular complexity index is 1240. The first-order chi connectivity index (χ1) is 19.4. The number of amides is 2. The summed E-state index contributed by atoms with van der Waals surface area (Å²) in [5.74, 6) is 0.756. The van der Waals surface area contributed by atoms with Crippen LogP contribution < -0.4 is 19.5 Å². The molecular formula is C29H36F3N3O6. The number of aliphatic hydroxyl groups excluding tert-OH is 1. The summed E-state index contributed by atoms with van der Waals surface area (Å²) in [4.78, 5) is 29.2. The van der Waals surface area contributed by atoms with Gasteiger partial charge in [0.05, 0.1) is 25.5 Å². The monoisotopic (exact) mass is 579 g/mol. The molecule has 4 rings (SSSR count). The van der Waals surface area contributed by atoms with Crippen molar-refractivity contribution in [3.8, 4) is 17.2 Å². The van der Waals surface area contributed by atoms with E-state index in [1.54, 1.807) is 30.0 Å². The van der Waals surface area contributed by atoms with Crippen molar-refractivity contribution in [2.75, 3.05) is 38.9 Å². The third-order valence-electron chi connectivity index (χ3n) is 7.22. The molecule has 9 nitrogen and oxygen atoms in total. The molecule has 0 unspecified atom stereocenters. The van der Waals surface area contributed by atoms with Gasteiger partial charge in [0.2, 0.25) is 18.6 Å². The number of ether oxygens (including phenoxy) is 3. The summed E-state index contributed by atoms with van der Waals surface area (Å²) in [5.41, 5.74) is 1.80. The zero-order valence-electron chi connectivity index (χ0n) is 23.4. The number of nitrogens with one attached hydrogen (secondary N) is 1. The zero-order valence-corrected chi connectivity index (χ0v) is 23.4. The van der Waals surface area contributed by atoms with Crippen LogP contribution in [0.5, 0.6) is 17.2 Å². The summed E-state index contributed by atoms with van der Waals surface area (Å²) in [6.45, 7) is 5.22. The minimum Gasteiger partial charge on any atom is -0.488 e. The van der Waals surface area contributed by atoms with Crippen molar-refractivity contribution in [3.05, 3.63) is 47.5 Å². The largest absolute Gasteiger partial charge is 0.488 e. The smallest absolute Gasteiger partial charge is 0.389 e. The van der Waals surface area contributed by atoms with E-state index in [4.69, 9.17) is 14.2 Å². The second-order valence-electron chi connectivity index (χ2n) is 10.8. The number of likely N-dealkylation sites (N-methyl/N-ethyl adjacent to an activating group) is 1. The number of nitrogens with zero attached hydrogens (tertiary/aromatic N) is 2. The molecule has 2 aromatic rings. The van der Waals surface area contributed by atoms with Crippen molar-refractivity contribution in [2.45, 2.75) is 58.0 Å².